The Bertz CT molecular complexity index is 410. The molecule has 2 amide bonds. The zero-order valence-electron chi connectivity index (χ0n) is 12.8. The van der Waals surface area contributed by atoms with Crippen LogP contribution in [0, 0.1) is 5.92 Å². The lowest BCUT2D eigenvalue weighted by atomic mass is 9.76. The van der Waals surface area contributed by atoms with Crippen LogP contribution in [-0.4, -0.2) is 40.1 Å². The van der Waals surface area contributed by atoms with Crippen LogP contribution < -0.4 is 5.32 Å². The molecule has 0 spiro atoms. The Labute approximate surface area is 126 Å². The number of aliphatic carboxylic acids is 1. The molecular weight excluding hydrogens is 268 g/mol. The van der Waals surface area contributed by atoms with Crippen LogP contribution in [0.3, 0.4) is 0 Å². The van der Waals surface area contributed by atoms with Gasteiger partial charge in [0, 0.05) is 12.1 Å². The van der Waals surface area contributed by atoms with E-state index < -0.39 is 12.0 Å². The van der Waals surface area contributed by atoms with Crippen LogP contribution in [0.4, 0.5) is 4.79 Å². The van der Waals surface area contributed by atoms with Crippen molar-refractivity contribution in [3.8, 4) is 0 Å². The van der Waals surface area contributed by atoms with E-state index in [2.05, 4.69) is 11.9 Å². The fourth-order valence-electron chi connectivity index (χ4n) is 3.76. The van der Waals surface area contributed by atoms with Crippen molar-refractivity contribution in [2.45, 2.75) is 70.0 Å². The minimum absolute atomic E-state index is 0.0200. The zero-order chi connectivity index (χ0) is 15.4. The minimum atomic E-state index is -0.884. The minimum Gasteiger partial charge on any atom is -0.480 e. The molecule has 1 heterocycles. The Balaban J connectivity index is 2.13. The van der Waals surface area contributed by atoms with E-state index >= 15 is 0 Å². The molecule has 5 nitrogen and oxygen atoms in total. The zero-order valence-corrected chi connectivity index (χ0v) is 12.8. The fourth-order valence-corrected chi connectivity index (χ4v) is 3.76. The molecule has 118 valence electrons. The highest BCUT2D eigenvalue weighted by molar-refractivity contribution is 5.83. The van der Waals surface area contributed by atoms with Crippen molar-refractivity contribution in [2.24, 2.45) is 5.92 Å². The number of nitrogens with one attached hydrogen (secondary N) is 1. The third kappa shape index (κ3) is 3.57. The summed E-state index contributed by atoms with van der Waals surface area (Å²) in [4.78, 5) is 25.7. The highest BCUT2D eigenvalue weighted by atomic mass is 16.4. The summed E-state index contributed by atoms with van der Waals surface area (Å²) >= 11 is 0. The number of hydrogen-bond acceptors (Lipinski definition) is 2. The molecule has 2 fully saturated rings. The first-order valence-electron chi connectivity index (χ1n) is 7.97. The number of carboxylic acids is 1. The van der Waals surface area contributed by atoms with Gasteiger partial charge < -0.3 is 15.3 Å². The van der Waals surface area contributed by atoms with Gasteiger partial charge in [0.25, 0.3) is 0 Å². The largest absolute Gasteiger partial charge is 0.480 e. The number of nitrogens with zero attached hydrogens (tertiary/aromatic N) is 1. The molecule has 4 atom stereocenters. The molecule has 0 aromatic heterocycles. The number of likely N-dealkylation sites (tertiary alicyclic amines) is 1. The van der Waals surface area contributed by atoms with Crippen molar-refractivity contribution in [2.75, 3.05) is 0 Å². The second-order valence-corrected chi connectivity index (χ2v) is 6.33. The van der Waals surface area contributed by atoms with Gasteiger partial charge in [0.1, 0.15) is 6.04 Å². The summed E-state index contributed by atoms with van der Waals surface area (Å²) in [6.07, 6.45) is 8.26. The molecule has 4 unspecified atom stereocenters. The van der Waals surface area contributed by atoms with E-state index in [1.54, 1.807) is 11.0 Å². The Morgan fingerprint density at radius 3 is 2.71 bits per heavy atom. The number of urea groups is 1. The van der Waals surface area contributed by atoms with Crippen molar-refractivity contribution >= 4 is 12.0 Å². The third-order valence-electron chi connectivity index (χ3n) is 4.78. The summed E-state index contributed by atoms with van der Waals surface area (Å²) in [6.45, 7) is 5.58. The molecule has 0 aromatic rings. The average Bonchev–Trinajstić information content (AvgIpc) is 2.45. The van der Waals surface area contributed by atoms with E-state index in [1.165, 1.54) is 6.42 Å². The normalized spacial score (nSPS) is 30.1. The summed E-state index contributed by atoms with van der Waals surface area (Å²) in [5.74, 6) is -0.416. The lowest BCUT2D eigenvalue weighted by Crippen LogP contribution is -2.60. The standard InChI is InChI=1S/C16H26N2O3/c1-3-6-11(2)17-16(21)18-13-8-5-4-7-12(13)9-10-14(18)15(19)20/h3,11-14H,1,4-10H2,2H3,(H,17,21)(H,19,20). The maximum Gasteiger partial charge on any atom is 0.326 e. The van der Waals surface area contributed by atoms with Gasteiger partial charge in [-0.25, -0.2) is 9.59 Å². The third-order valence-corrected chi connectivity index (χ3v) is 4.78. The Morgan fingerprint density at radius 1 is 1.33 bits per heavy atom. The van der Waals surface area contributed by atoms with E-state index in [9.17, 15) is 14.7 Å². The molecule has 1 aliphatic carbocycles. The Morgan fingerprint density at radius 2 is 2.05 bits per heavy atom. The van der Waals surface area contributed by atoms with Gasteiger partial charge in [0.2, 0.25) is 0 Å². The first kappa shape index (κ1) is 15.9. The highest BCUT2D eigenvalue weighted by Gasteiger charge is 2.43. The van der Waals surface area contributed by atoms with Crippen molar-refractivity contribution < 1.29 is 14.7 Å². The van der Waals surface area contributed by atoms with Crippen LogP contribution in [0.1, 0.15) is 51.9 Å². The maximum absolute atomic E-state index is 12.6. The van der Waals surface area contributed by atoms with E-state index in [0.29, 0.717) is 18.8 Å². The number of carboxylic acid groups (broad SMARTS) is 1. The Hall–Kier alpha value is -1.52. The predicted octanol–water partition coefficient (Wildman–Crippen LogP) is 2.77. The van der Waals surface area contributed by atoms with Crippen LogP contribution in [0.2, 0.25) is 0 Å². The topological polar surface area (TPSA) is 69.6 Å². The van der Waals surface area contributed by atoms with Gasteiger partial charge in [0.15, 0.2) is 0 Å². The molecule has 2 rings (SSSR count). The van der Waals surface area contributed by atoms with E-state index in [0.717, 1.165) is 25.7 Å². The molecular formula is C16H26N2O3. The SMILES string of the molecule is C=CCC(C)NC(=O)N1C(C(=O)O)CCC2CCCCC21. The number of carbonyl (C=O) groups is 2. The first-order chi connectivity index (χ1) is 10.0. The average molecular weight is 294 g/mol. The van der Waals surface area contributed by atoms with Crippen molar-refractivity contribution in [3.05, 3.63) is 12.7 Å². The molecule has 0 radical (unpaired) electrons. The van der Waals surface area contributed by atoms with Gasteiger partial charge in [-0.1, -0.05) is 18.9 Å². The fraction of sp³-hybridized carbons (Fsp3) is 0.750. The van der Waals surface area contributed by atoms with Crippen molar-refractivity contribution in [3.63, 3.8) is 0 Å². The van der Waals surface area contributed by atoms with E-state index in [1.807, 2.05) is 6.92 Å². The second kappa shape index (κ2) is 6.96. The lowest BCUT2D eigenvalue weighted by molar-refractivity contribution is -0.145. The summed E-state index contributed by atoms with van der Waals surface area (Å²) < 4.78 is 0. The highest BCUT2D eigenvalue weighted by Crippen LogP contribution is 2.38. The molecule has 1 saturated carbocycles. The molecule has 1 saturated heterocycles. The second-order valence-electron chi connectivity index (χ2n) is 6.33. The van der Waals surface area contributed by atoms with Crippen LogP contribution in [0.5, 0.6) is 0 Å². The number of carbonyl (C=O) groups excluding carboxylic acids is 1. The number of amides is 2. The molecule has 5 heteroatoms. The maximum atomic E-state index is 12.6. The van der Waals surface area contributed by atoms with Crippen LogP contribution in [0.15, 0.2) is 12.7 Å². The van der Waals surface area contributed by atoms with Gasteiger partial charge in [-0.2, -0.15) is 0 Å². The van der Waals surface area contributed by atoms with Crippen LogP contribution >= 0.6 is 0 Å². The van der Waals surface area contributed by atoms with Crippen molar-refractivity contribution in [1.82, 2.24) is 10.2 Å². The van der Waals surface area contributed by atoms with Gasteiger partial charge in [0.05, 0.1) is 0 Å². The van der Waals surface area contributed by atoms with Crippen molar-refractivity contribution in [1.29, 1.82) is 0 Å². The summed E-state index contributed by atoms with van der Waals surface area (Å²) in [5.41, 5.74) is 0. The quantitative estimate of drug-likeness (QED) is 0.783. The number of hydrogen-bond donors (Lipinski definition) is 2. The number of rotatable bonds is 4. The molecule has 0 bridgehead atoms. The van der Waals surface area contributed by atoms with Crippen LogP contribution in [0.25, 0.3) is 0 Å². The summed E-state index contributed by atoms with van der Waals surface area (Å²) in [6, 6.07) is -0.841. The predicted molar refractivity (Wildman–Crippen MR) is 81.1 cm³/mol. The molecule has 21 heavy (non-hydrogen) atoms. The number of fused-ring (bicyclic) bond motifs is 1. The number of piperidine rings is 1. The Kier molecular flexibility index (Phi) is 5.26. The lowest BCUT2D eigenvalue weighted by Gasteiger charge is -2.47. The van der Waals surface area contributed by atoms with E-state index in [-0.39, 0.29) is 18.1 Å². The van der Waals surface area contributed by atoms with Gasteiger partial charge in [-0.05, 0) is 44.9 Å². The molecule has 2 N–H and O–H groups in total. The van der Waals surface area contributed by atoms with Crippen LogP contribution in [-0.2, 0) is 4.79 Å². The van der Waals surface area contributed by atoms with Gasteiger partial charge in [-0.15, -0.1) is 6.58 Å². The van der Waals surface area contributed by atoms with E-state index in [4.69, 9.17) is 0 Å². The van der Waals surface area contributed by atoms with Gasteiger partial charge >= 0.3 is 12.0 Å². The molecule has 2 aliphatic rings. The molecule has 1 aliphatic heterocycles. The molecule has 0 aromatic carbocycles. The van der Waals surface area contributed by atoms with Gasteiger partial charge in [-0.3, -0.25) is 0 Å². The smallest absolute Gasteiger partial charge is 0.326 e. The summed E-state index contributed by atoms with van der Waals surface area (Å²) in [7, 11) is 0. The monoisotopic (exact) mass is 294 g/mol. The first-order valence-corrected chi connectivity index (χ1v) is 7.97. The summed E-state index contributed by atoms with van der Waals surface area (Å²) in [5, 5.41) is 12.4.